The van der Waals surface area contributed by atoms with E-state index < -0.39 is 5.97 Å². The number of pyridine rings is 1. The fraction of sp³-hybridized carbons (Fsp3) is 0.235. The van der Waals surface area contributed by atoms with Crippen LogP contribution in [0, 0.1) is 0 Å². The summed E-state index contributed by atoms with van der Waals surface area (Å²) in [6.07, 6.45) is 1.68. The number of aromatic nitrogens is 1. The van der Waals surface area contributed by atoms with E-state index in [0.717, 1.165) is 11.3 Å². The number of carbonyl (C=O) groups excluding carboxylic acids is 2. The molecule has 1 heterocycles. The standard InChI is InChI=1S/C17H18N2O4/c1-3-23-17(21)14-5-4-10-18-16(14)19-15(20)11-12-6-8-13(22-2)9-7-12/h4-10H,3,11H2,1-2H3,(H,18,19,20). The van der Waals surface area contributed by atoms with Crippen molar-refractivity contribution in [2.24, 2.45) is 0 Å². The molecule has 0 atom stereocenters. The van der Waals surface area contributed by atoms with Crippen LogP contribution >= 0.6 is 0 Å². The normalized spacial score (nSPS) is 10.0. The van der Waals surface area contributed by atoms with Crippen LogP contribution in [0.3, 0.4) is 0 Å². The van der Waals surface area contributed by atoms with Crippen molar-refractivity contribution in [1.29, 1.82) is 0 Å². The summed E-state index contributed by atoms with van der Waals surface area (Å²) in [7, 11) is 1.58. The van der Waals surface area contributed by atoms with E-state index >= 15 is 0 Å². The zero-order valence-corrected chi connectivity index (χ0v) is 13.0. The Balaban J connectivity index is 2.06. The molecule has 1 N–H and O–H groups in total. The van der Waals surface area contributed by atoms with E-state index in [1.54, 1.807) is 38.3 Å². The number of nitrogens with one attached hydrogen (secondary N) is 1. The van der Waals surface area contributed by atoms with Gasteiger partial charge >= 0.3 is 5.97 Å². The first-order valence-corrected chi connectivity index (χ1v) is 7.19. The smallest absolute Gasteiger partial charge is 0.341 e. The number of hydrogen-bond donors (Lipinski definition) is 1. The zero-order valence-electron chi connectivity index (χ0n) is 13.0. The molecule has 1 amide bonds. The van der Waals surface area contributed by atoms with Crippen molar-refractivity contribution in [3.8, 4) is 5.75 Å². The monoisotopic (exact) mass is 314 g/mol. The SMILES string of the molecule is CCOC(=O)c1cccnc1NC(=O)Cc1ccc(OC)cc1. The number of esters is 1. The number of hydrogen-bond acceptors (Lipinski definition) is 5. The molecule has 0 saturated carbocycles. The van der Waals surface area contributed by atoms with Crippen LogP contribution in [0.1, 0.15) is 22.8 Å². The number of anilines is 1. The quantitative estimate of drug-likeness (QED) is 0.829. The Labute approximate surface area is 134 Å². The highest BCUT2D eigenvalue weighted by Crippen LogP contribution is 2.15. The fourth-order valence-corrected chi connectivity index (χ4v) is 1.98. The predicted octanol–water partition coefficient (Wildman–Crippen LogP) is 2.45. The second-order valence-electron chi connectivity index (χ2n) is 4.69. The fourth-order valence-electron chi connectivity index (χ4n) is 1.98. The molecule has 23 heavy (non-hydrogen) atoms. The van der Waals surface area contributed by atoms with Crippen molar-refractivity contribution in [3.63, 3.8) is 0 Å². The van der Waals surface area contributed by atoms with Gasteiger partial charge in [-0.25, -0.2) is 9.78 Å². The topological polar surface area (TPSA) is 77.5 Å². The second-order valence-corrected chi connectivity index (χ2v) is 4.69. The molecule has 0 saturated heterocycles. The average molecular weight is 314 g/mol. The van der Waals surface area contributed by atoms with Gasteiger partial charge in [0, 0.05) is 6.20 Å². The Kier molecular flexibility index (Phi) is 5.68. The van der Waals surface area contributed by atoms with E-state index in [1.807, 2.05) is 12.1 Å². The minimum Gasteiger partial charge on any atom is -0.497 e. The number of benzene rings is 1. The molecule has 0 radical (unpaired) electrons. The van der Waals surface area contributed by atoms with Gasteiger partial charge in [0.1, 0.15) is 17.1 Å². The molecule has 0 unspecified atom stereocenters. The Bertz CT molecular complexity index is 683. The lowest BCUT2D eigenvalue weighted by Gasteiger charge is -2.09. The van der Waals surface area contributed by atoms with Crippen molar-refractivity contribution in [3.05, 3.63) is 53.7 Å². The highest BCUT2D eigenvalue weighted by molar-refractivity contribution is 6.00. The van der Waals surface area contributed by atoms with Gasteiger partial charge in [0.25, 0.3) is 0 Å². The summed E-state index contributed by atoms with van der Waals surface area (Å²) in [5.74, 6) is 0.146. The van der Waals surface area contributed by atoms with Crippen molar-refractivity contribution >= 4 is 17.7 Å². The Hall–Kier alpha value is -2.89. The number of ether oxygens (including phenoxy) is 2. The summed E-state index contributed by atoms with van der Waals surface area (Å²) in [4.78, 5) is 28.0. The van der Waals surface area contributed by atoms with Crippen LogP contribution in [0.15, 0.2) is 42.6 Å². The van der Waals surface area contributed by atoms with Crippen LogP contribution in [0.2, 0.25) is 0 Å². The highest BCUT2D eigenvalue weighted by Gasteiger charge is 2.15. The Morgan fingerprint density at radius 3 is 2.57 bits per heavy atom. The van der Waals surface area contributed by atoms with Gasteiger partial charge < -0.3 is 14.8 Å². The third kappa shape index (κ3) is 4.54. The maximum atomic E-state index is 12.1. The summed E-state index contributed by atoms with van der Waals surface area (Å²) in [5.41, 5.74) is 1.06. The van der Waals surface area contributed by atoms with Gasteiger partial charge in [-0.05, 0) is 36.8 Å². The summed E-state index contributed by atoms with van der Waals surface area (Å²) in [6.45, 7) is 1.98. The molecule has 120 valence electrons. The van der Waals surface area contributed by atoms with Crippen molar-refractivity contribution in [2.75, 3.05) is 19.0 Å². The summed E-state index contributed by atoms with van der Waals surface area (Å²) >= 11 is 0. The van der Waals surface area contributed by atoms with Crippen LogP contribution in [-0.4, -0.2) is 30.6 Å². The van der Waals surface area contributed by atoms with Crippen LogP contribution in [0.25, 0.3) is 0 Å². The van der Waals surface area contributed by atoms with E-state index in [0.29, 0.717) is 0 Å². The number of carbonyl (C=O) groups is 2. The number of methoxy groups -OCH3 is 1. The Morgan fingerprint density at radius 2 is 1.91 bits per heavy atom. The Morgan fingerprint density at radius 1 is 1.17 bits per heavy atom. The molecule has 0 spiro atoms. The van der Waals surface area contributed by atoms with Gasteiger partial charge in [-0.3, -0.25) is 4.79 Å². The van der Waals surface area contributed by atoms with Crippen LogP contribution in [0.5, 0.6) is 5.75 Å². The van der Waals surface area contributed by atoms with Crippen molar-refractivity contribution in [2.45, 2.75) is 13.3 Å². The van der Waals surface area contributed by atoms with Gasteiger partial charge in [-0.2, -0.15) is 0 Å². The third-order valence-corrected chi connectivity index (χ3v) is 3.08. The molecule has 6 nitrogen and oxygen atoms in total. The molecule has 0 aliphatic rings. The van der Waals surface area contributed by atoms with Crippen LogP contribution in [-0.2, 0) is 16.0 Å². The summed E-state index contributed by atoms with van der Waals surface area (Å²) < 4.78 is 10.0. The molecule has 0 fully saturated rings. The summed E-state index contributed by atoms with van der Waals surface area (Å²) in [5, 5.41) is 2.64. The molecule has 2 rings (SSSR count). The third-order valence-electron chi connectivity index (χ3n) is 3.08. The van der Waals surface area contributed by atoms with E-state index in [-0.39, 0.29) is 30.3 Å². The number of rotatable bonds is 6. The van der Waals surface area contributed by atoms with Gasteiger partial charge in [0.2, 0.25) is 5.91 Å². The molecule has 1 aromatic heterocycles. The molecule has 6 heteroatoms. The van der Waals surface area contributed by atoms with Crippen LogP contribution in [0.4, 0.5) is 5.82 Å². The first-order valence-electron chi connectivity index (χ1n) is 7.19. The summed E-state index contributed by atoms with van der Waals surface area (Å²) in [6, 6.07) is 10.4. The average Bonchev–Trinajstić information content (AvgIpc) is 2.56. The predicted molar refractivity (Wildman–Crippen MR) is 85.5 cm³/mol. The maximum absolute atomic E-state index is 12.1. The lowest BCUT2D eigenvalue weighted by molar-refractivity contribution is -0.115. The molecular formula is C17H18N2O4. The van der Waals surface area contributed by atoms with Gasteiger partial charge in [0.05, 0.1) is 20.1 Å². The van der Waals surface area contributed by atoms with Crippen molar-refractivity contribution in [1.82, 2.24) is 4.98 Å². The van der Waals surface area contributed by atoms with E-state index in [4.69, 9.17) is 9.47 Å². The lowest BCUT2D eigenvalue weighted by atomic mass is 10.1. The number of amides is 1. The van der Waals surface area contributed by atoms with Crippen LogP contribution < -0.4 is 10.1 Å². The highest BCUT2D eigenvalue weighted by atomic mass is 16.5. The molecular weight excluding hydrogens is 296 g/mol. The molecule has 2 aromatic rings. The first-order chi connectivity index (χ1) is 11.1. The second kappa shape index (κ2) is 7.93. The molecule has 0 aliphatic heterocycles. The molecule has 0 bridgehead atoms. The maximum Gasteiger partial charge on any atom is 0.341 e. The van der Waals surface area contributed by atoms with E-state index in [2.05, 4.69) is 10.3 Å². The molecule has 0 aliphatic carbocycles. The van der Waals surface area contributed by atoms with Gasteiger partial charge in [-0.15, -0.1) is 0 Å². The minimum atomic E-state index is -0.514. The number of nitrogens with zero attached hydrogens (tertiary/aromatic N) is 1. The van der Waals surface area contributed by atoms with Crippen molar-refractivity contribution < 1.29 is 19.1 Å². The molecule has 1 aromatic carbocycles. The minimum absolute atomic E-state index is 0.169. The first kappa shape index (κ1) is 16.5. The van der Waals surface area contributed by atoms with E-state index in [9.17, 15) is 9.59 Å². The van der Waals surface area contributed by atoms with Gasteiger partial charge in [0.15, 0.2) is 0 Å². The zero-order chi connectivity index (χ0) is 16.7. The van der Waals surface area contributed by atoms with E-state index in [1.165, 1.54) is 6.20 Å². The lowest BCUT2D eigenvalue weighted by Crippen LogP contribution is -2.18. The largest absolute Gasteiger partial charge is 0.497 e. The van der Waals surface area contributed by atoms with Gasteiger partial charge in [-0.1, -0.05) is 12.1 Å².